The maximum atomic E-state index is 12.0. The average Bonchev–Trinajstić information content (AvgIpc) is 2.75. The van der Waals surface area contributed by atoms with Gasteiger partial charge in [0, 0.05) is 12.5 Å². The highest BCUT2D eigenvalue weighted by Crippen LogP contribution is 2.32. The molecule has 90 valence electrons. The normalized spacial score (nSPS) is 32.5. The highest BCUT2D eigenvalue weighted by Gasteiger charge is 2.43. The Morgan fingerprint density at radius 2 is 2.12 bits per heavy atom. The maximum Gasteiger partial charge on any atom is 0.140 e. The Morgan fingerprint density at radius 1 is 1.29 bits per heavy atom. The van der Waals surface area contributed by atoms with Crippen molar-refractivity contribution in [1.82, 2.24) is 5.48 Å². The van der Waals surface area contributed by atoms with Gasteiger partial charge in [0.15, 0.2) is 0 Å². The Bertz CT molecular complexity index is 404. The fourth-order valence-corrected chi connectivity index (χ4v) is 2.93. The first-order valence-corrected chi connectivity index (χ1v) is 6.32. The van der Waals surface area contributed by atoms with Crippen molar-refractivity contribution in [3.63, 3.8) is 0 Å². The average molecular weight is 231 g/mol. The Labute approximate surface area is 101 Å². The lowest BCUT2D eigenvalue weighted by atomic mass is 9.80. The fraction of sp³-hybridized carbons (Fsp3) is 0.500. The van der Waals surface area contributed by atoms with Crippen LogP contribution in [0, 0.1) is 5.92 Å². The molecule has 0 spiro atoms. The molecule has 1 heterocycles. The molecule has 1 saturated carbocycles. The Balaban J connectivity index is 1.74. The van der Waals surface area contributed by atoms with Gasteiger partial charge in [0.2, 0.25) is 0 Å². The van der Waals surface area contributed by atoms with E-state index in [2.05, 4.69) is 17.6 Å². The van der Waals surface area contributed by atoms with E-state index in [-0.39, 0.29) is 18.1 Å². The smallest absolute Gasteiger partial charge is 0.140 e. The van der Waals surface area contributed by atoms with Crippen LogP contribution in [0.5, 0.6) is 0 Å². The lowest BCUT2D eigenvalue weighted by Gasteiger charge is -2.24. The molecule has 0 radical (unpaired) electrons. The van der Waals surface area contributed by atoms with Gasteiger partial charge in [-0.2, -0.15) is 5.48 Å². The van der Waals surface area contributed by atoms with Crippen molar-refractivity contribution in [2.45, 2.75) is 37.8 Å². The predicted octanol–water partition coefficient (Wildman–Crippen LogP) is 1.87. The lowest BCUT2D eigenvalue weighted by Crippen LogP contribution is -2.38. The van der Waals surface area contributed by atoms with Crippen LogP contribution >= 0.6 is 0 Å². The minimum Gasteiger partial charge on any atom is -0.299 e. The van der Waals surface area contributed by atoms with E-state index >= 15 is 0 Å². The molecule has 1 aromatic rings. The van der Waals surface area contributed by atoms with Gasteiger partial charge in [0.1, 0.15) is 5.78 Å². The SMILES string of the molecule is O=C1CCCC2ONC(Cc3ccccc3)C12. The minimum absolute atomic E-state index is 0.0592. The molecular weight excluding hydrogens is 214 g/mol. The largest absolute Gasteiger partial charge is 0.299 e. The summed E-state index contributed by atoms with van der Waals surface area (Å²) in [5.41, 5.74) is 4.31. The van der Waals surface area contributed by atoms with E-state index in [1.54, 1.807) is 0 Å². The summed E-state index contributed by atoms with van der Waals surface area (Å²) in [7, 11) is 0. The van der Waals surface area contributed by atoms with Gasteiger partial charge in [-0.1, -0.05) is 30.3 Å². The number of ketones is 1. The van der Waals surface area contributed by atoms with Crippen LogP contribution in [0.3, 0.4) is 0 Å². The third kappa shape index (κ3) is 2.13. The highest BCUT2D eigenvalue weighted by atomic mass is 16.7. The van der Waals surface area contributed by atoms with Crippen molar-refractivity contribution in [2.75, 3.05) is 0 Å². The second kappa shape index (κ2) is 4.59. The third-order valence-electron chi connectivity index (χ3n) is 3.79. The van der Waals surface area contributed by atoms with Crippen molar-refractivity contribution < 1.29 is 9.63 Å². The summed E-state index contributed by atoms with van der Waals surface area (Å²) >= 11 is 0. The number of hydroxylamine groups is 1. The zero-order valence-corrected chi connectivity index (χ0v) is 9.76. The number of fused-ring (bicyclic) bond motifs is 1. The van der Waals surface area contributed by atoms with E-state index in [1.807, 2.05) is 18.2 Å². The van der Waals surface area contributed by atoms with Gasteiger partial charge in [-0.25, -0.2) is 0 Å². The van der Waals surface area contributed by atoms with E-state index < -0.39 is 0 Å². The van der Waals surface area contributed by atoms with Gasteiger partial charge < -0.3 is 0 Å². The molecule has 3 heteroatoms. The second-order valence-corrected chi connectivity index (χ2v) is 4.95. The monoisotopic (exact) mass is 231 g/mol. The number of hydrogen-bond donors (Lipinski definition) is 1. The van der Waals surface area contributed by atoms with Crippen LogP contribution in [-0.2, 0) is 16.1 Å². The van der Waals surface area contributed by atoms with Crippen LogP contribution in [0.25, 0.3) is 0 Å². The van der Waals surface area contributed by atoms with Crippen LogP contribution in [0.4, 0.5) is 0 Å². The molecule has 2 fully saturated rings. The fourth-order valence-electron chi connectivity index (χ4n) is 2.93. The topological polar surface area (TPSA) is 38.3 Å². The zero-order valence-electron chi connectivity index (χ0n) is 9.76. The van der Waals surface area contributed by atoms with E-state index in [1.165, 1.54) is 5.56 Å². The second-order valence-electron chi connectivity index (χ2n) is 4.95. The Kier molecular flexibility index (Phi) is 2.95. The number of rotatable bonds is 2. The van der Waals surface area contributed by atoms with Crippen LogP contribution < -0.4 is 5.48 Å². The molecule has 1 saturated heterocycles. The number of Topliss-reactive ketones (excluding diaryl/α,β-unsaturated/α-hetero) is 1. The van der Waals surface area contributed by atoms with Gasteiger partial charge in [-0.3, -0.25) is 9.63 Å². The van der Waals surface area contributed by atoms with Gasteiger partial charge in [0.05, 0.1) is 12.0 Å². The molecule has 2 aliphatic rings. The first kappa shape index (κ1) is 10.9. The Morgan fingerprint density at radius 3 is 2.94 bits per heavy atom. The molecule has 0 amide bonds. The summed E-state index contributed by atoms with van der Waals surface area (Å²) in [6.07, 6.45) is 3.67. The molecule has 3 unspecified atom stereocenters. The summed E-state index contributed by atoms with van der Waals surface area (Å²) in [5, 5.41) is 0. The number of nitrogens with one attached hydrogen (secondary N) is 1. The molecule has 1 aliphatic carbocycles. The van der Waals surface area contributed by atoms with Crippen LogP contribution in [0.1, 0.15) is 24.8 Å². The first-order valence-electron chi connectivity index (χ1n) is 6.32. The summed E-state index contributed by atoms with van der Waals surface area (Å²) < 4.78 is 0. The summed E-state index contributed by atoms with van der Waals surface area (Å²) in [5.74, 6) is 0.427. The van der Waals surface area contributed by atoms with Gasteiger partial charge in [0.25, 0.3) is 0 Å². The Hall–Kier alpha value is -1.19. The van der Waals surface area contributed by atoms with Crippen LogP contribution in [0.15, 0.2) is 30.3 Å². The molecule has 0 bridgehead atoms. The van der Waals surface area contributed by atoms with Crippen LogP contribution in [-0.4, -0.2) is 17.9 Å². The number of benzene rings is 1. The predicted molar refractivity (Wildman–Crippen MR) is 64.3 cm³/mol. The summed E-state index contributed by atoms with van der Waals surface area (Å²) in [6, 6.07) is 10.4. The molecule has 1 N–H and O–H groups in total. The molecular formula is C14H17NO2. The maximum absolute atomic E-state index is 12.0. The quantitative estimate of drug-likeness (QED) is 0.844. The van der Waals surface area contributed by atoms with Crippen molar-refractivity contribution in [1.29, 1.82) is 0 Å². The third-order valence-corrected chi connectivity index (χ3v) is 3.79. The van der Waals surface area contributed by atoms with Crippen molar-refractivity contribution in [3.05, 3.63) is 35.9 Å². The van der Waals surface area contributed by atoms with Crippen molar-refractivity contribution >= 4 is 5.78 Å². The lowest BCUT2D eigenvalue weighted by molar-refractivity contribution is -0.127. The number of carbonyl (C=O) groups excluding carboxylic acids is 1. The molecule has 3 atom stereocenters. The van der Waals surface area contributed by atoms with E-state index in [0.717, 1.165) is 25.7 Å². The molecule has 1 aliphatic heterocycles. The molecule has 3 rings (SSSR count). The molecule has 17 heavy (non-hydrogen) atoms. The highest BCUT2D eigenvalue weighted by molar-refractivity contribution is 5.83. The number of carbonyl (C=O) groups is 1. The standard InChI is InChI=1S/C14H17NO2/c16-12-7-4-8-13-14(12)11(15-17-13)9-10-5-2-1-3-6-10/h1-3,5-6,11,13-15H,4,7-9H2. The minimum atomic E-state index is 0.0592. The van der Waals surface area contributed by atoms with Gasteiger partial charge in [-0.05, 0) is 24.8 Å². The number of hydrogen-bond acceptors (Lipinski definition) is 3. The van der Waals surface area contributed by atoms with Gasteiger partial charge in [-0.15, -0.1) is 0 Å². The van der Waals surface area contributed by atoms with E-state index in [0.29, 0.717) is 5.78 Å². The first-order chi connectivity index (χ1) is 8.34. The van der Waals surface area contributed by atoms with Crippen LogP contribution in [0.2, 0.25) is 0 Å². The molecule has 3 nitrogen and oxygen atoms in total. The van der Waals surface area contributed by atoms with Crippen molar-refractivity contribution in [2.24, 2.45) is 5.92 Å². The molecule has 0 aromatic heterocycles. The van der Waals surface area contributed by atoms with E-state index in [4.69, 9.17) is 4.84 Å². The summed E-state index contributed by atoms with van der Waals surface area (Å²) in [6.45, 7) is 0. The van der Waals surface area contributed by atoms with E-state index in [9.17, 15) is 4.79 Å². The molecule has 1 aromatic carbocycles. The zero-order chi connectivity index (χ0) is 11.7. The van der Waals surface area contributed by atoms with Crippen molar-refractivity contribution in [3.8, 4) is 0 Å². The van der Waals surface area contributed by atoms with Gasteiger partial charge >= 0.3 is 0 Å². The summed E-state index contributed by atoms with van der Waals surface area (Å²) in [4.78, 5) is 17.5.